The van der Waals surface area contributed by atoms with Gasteiger partial charge in [-0.05, 0) is 49.9 Å². The van der Waals surface area contributed by atoms with Crippen LogP contribution in [-0.4, -0.2) is 60.1 Å². The van der Waals surface area contributed by atoms with Crippen LogP contribution in [0, 0.1) is 0 Å². The molecule has 2 fully saturated rings. The summed E-state index contributed by atoms with van der Waals surface area (Å²) in [6.45, 7) is 2.77. The number of hydrogen-bond donors (Lipinski definition) is 2. The van der Waals surface area contributed by atoms with Crippen molar-refractivity contribution in [2.75, 3.05) is 18.4 Å². The fourth-order valence-electron chi connectivity index (χ4n) is 4.47. The molecule has 1 aromatic carbocycles. The van der Waals surface area contributed by atoms with Crippen LogP contribution in [0.3, 0.4) is 0 Å². The number of nitrogens with one attached hydrogen (secondary N) is 1. The molecule has 2 amide bonds. The van der Waals surface area contributed by atoms with E-state index in [-0.39, 0.29) is 11.8 Å². The first-order valence-corrected chi connectivity index (χ1v) is 11.1. The van der Waals surface area contributed by atoms with Crippen LogP contribution in [0.1, 0.15) is 54.7 Å². The highest BCUT2D eigenvalue weighted by molar-refractivity contribution is 5.93. The lowest BCUT2D eigenvalue weighted by Gasteiger charge is -2.38. The predicted molar refractivity (Wildman–Crippen MR) is 119 cm³/mol. The zero-order chi connectivity index (χ0) is 22.5. The first-order chi connectivity index (χ1) is 15.3. The van der Waals surface area contributed by atoms with Crippen molar-refractivity contribution in [3.05, 3.63) is 41.9 Å². The van der Waals surface area contributed by atoms with Crippen LogP contribution in [0.5, 0.6) is 0 Å². The third-order valence-electron chi connectivity index (χ3n) is 6.50. The van der Waals surface area contributed by atoms with Crippen molar-refractivity contribution < 1.29 is 14.7 Å². The molecule has 1 aliphatic carbocycles. The number of hydrogen-bond acceptors (Lipinski definition) is 5. The van der Waals surface area contributed by atoms with Crippen molar-refractivity contribution in [3.63, 3.8) is 0 Å². The molecule has 2 aliphatic rings. The molecule has 0 unspecified atom stereocenters. The van der Waals surface area contributed by atoms with Gasteiger partial charge < -0.3 is 15.3 Å². The highest BCUT2D eigenvalue weighted by Crippen LogP contribution is 2.39. The average Bonchev–Trinajstić information content (AvgIpc) is 3.43. The van der Waals surface area contributed by atoms with Crippen molar-refractivity contribution in [1.82, 2.24) is 24.5 Å². The molecule has 32 heavy (non-hydrogen) atoms. The number of aryl methyl sites for hydroxylation is 1. The Morgan fingerprint density at radius 2 is 1.97 bits per heavy atom. The summed E-state index contributed by atoms with van der Waals surface area (Å²) in [6, 6.07) is 7.52. The molecule has 1 saturated heterocycles. The highest BCUT2D eigenvalue weighted by Gasteiger charge is 2.36. The van der Waals surface area contributed by atoms with Gasteiger partial charge in [-0.1, -0.05) is 0 Å². The minimum atomic E-state index is -0.953. The van der Waals surface area contributed by atoms with Crippen molar-refractivity contribution in [2.24, 2.45) is 7.05 Å². The highest BCUT2D eigenvalue weighted by atomic mass is 16.3. The number of piperidine rings is 1. The van der Waals surface area contributed by atoms with E-state index in [0.29, 0.717) is 49.8 Å². The number of rotatable bonds is 5. The summed E-state index contributed by atoms with van der Waals surface area (Å²) in [7, 11) is 1.82. The summed E-state index contributed by atoms with van der Waals surface area (Å²) >= 11 is 0. The maximum Gasteiger partial charge on any atom is 0.272 e. The van der Waals surface area contributed by atoms with Crippen LogP contribution in [0.25, 0.3) is 10.9 Å². The van der Waals surface area contributed by atoms with E-state index in [2.05, 4.69) is 15.5 Å². The van der Waals surface area contributed by atoms with E-state index in [0.717, 1.165) is 29.4 Å². The minimum Gasteiger partial charge on any atom is -0.388 e. The Morgan fingerprint density at radius 1 is 1.22 bits per heavy atom. The molecule has 0 atom stereocenters. The van der Waals surface area contributed by atoms with Gasteiger partial charge in [-0.15, -0.1) is 0 Å². The largest absolute Gasteiger partial charge is 0.388 e. The fraction of sp³-hybridized carbons (Fsp3) is 0.478. The monoisotopic (exact) mass is 436 g/mol. The smallest absolute Gasteiger partial charge is 0.272 e. The lowest BCUT2D eigenvalue weighted by atomic mass is 9.91. The molecule has 9 nitrogen and oxygen atoms in total. The van der Waals surface area contributed by atoms with Crippen molar-refractivity contribution >= 4 is 28.4 Å². The Balaban J connectivity index is 1.27. The Labute approximate surface area is 186 Å². The molecule has 5 rings (SSSR count). The first kappa shape index (κ1) is 20.7. The topological polar surface area (TPSA) is 105 Å². The number of amides is 2. The summed E-state index contributed by atoms with van der Waals surface area (Å²) in [5.41, 5.74) is 2.21. The second kappa shape index (κ2) is 7.74. The van der Waals surface area contributed by atoms with E-state index < -0.39 is 5.60 Å². The van der Waals surface area contributed by atoms with Crippen LogP contribution in [0.2, 0.25) is 0 Å². The first-order valence-electron chi connectivity index (χ1n) is 11.1. The molecule has 0 spiro atoms. The number of nitrogens with zero attached hydrogens (tertiary/aromatic N) is 5. The zero-order valence-electron chi connectivity index (χ0n) is 18.4. The number of benzene rings is 1. The molecule has 1 aliphatic heterocycles. The van der Waals surface area contributed by atoms with Crippen LogP contribution < -0.4 is 5.32 Å². The van der Waals surface area contributed by atoms with Crippen molar-refractivity contribution in [2.45, 2.75) is 50.7 Å². The molecular formula is C23H28N6O3. The molecule has 2 aromatic heterocycles. The molecule has 3 aromatic rings. The number of likely N-dealkylation sites (tertiary alicyclic amines) is 1. The second-order valence-corrected chi connectivity index (χ2v) is 9.13. The van der Waals surface area contributed by atoms with Gasteiger partial charge in [-0.2, -0.15) is 10.2 Å². The van der Waals surface area contributed by atoms with Gasteiger partial charge >= 0.3 is 0 Å². The van der Waals surface area contributed by atoms with Crippen LogP contribution >= 0.6 is 0 Å². The van der Waals surface area contributed by atoms with Gasteiger partial charge in [0.25, 0.3) is 5.91 Å². The summed E-state index contributed by atoms with van der Waals surface area (Å²) in [4.78, 5) is 26.2. The lowest BCUT2D eigenvalue weighted by molar-refractivity contribution is -0.114. The normalized spacial score (nSPS) is 18.2. The standard InChI is InChI=1S/C23H28N6O3/c1-15(30)25-18-6-5-17-13-24-29(20(17)11-18)14-23(32)7-9-28(10-8-23)22(31)21-12-19(16-3-4-16)26-27(21)2/h5-6,11-13,16,32H,3-4,7-10,14H2,1-2H3,(H,25,30). The van der Waals surface area contributed by atoms with E-state index in [1.807, 2.05) is 31.3 Å². The summed E-state index contributed by atoms with van der Waals surface area (Å²) < 4.78 is 3.46. The number of aliphatic hydroxyl groups is 1. The van der Waals surface area contributed by atoms with E-state index >= 15 is 0 Å². The molecule has 0 radical (unpaired) electrons. The molecule has 168 valence electrons. The van der Waals surface area contributed by atoms with Gasteiger partial charge in [-0.25, -0.2) is 0 Å². The number of aromatic nitrogens is 4. The van der Waals surface area contributed by atoms with Crippen molar-refractivity contribution in [1.29, 1.82) is 0 Å². The number of carbonyl (C=O) groups excluding carboxylic acids is 2. The zero-order valence-corrected chi connectivity index (χ0v) is 18.4. The number of anilines is 1. The van der Waals surface area contributed by atoms with Crippen LogP contribution in [0.4, 0.5) is 5.69 Å². The van der Waals surface area contributed by atoms with Gasteiger partial charge in [0, 0.05) is 44.1 Å². The van der Waals surface area contributed by atoms with Gasteiger partial charge in [0.15, 0.2) is 0 Å². The van der Waals surface area contributed by atoms with Gasteiger partial charge in [-0.3, -0.25) is 19.0 Å². The Kier molecular flexibility index (Phi) is 5.00. The maximum atomic E-state index is 13.0. The lowest BCUT2D eigenvalue weighted by Crippen LogP contribution is -2.49. The van der Waals surface area contributed by atoms with E-state index in [1.165, 1.54) is 6.92 Å². The Bertz CT molecular complexity index is 1180. The summed E-state index contributed by atoms with van der Waals surface area (Å²) in [5, 5.41) is 23.9. The number of fused-ring (bicyclic) bond motifs is 1. The summed E-state index contributed by atoms with van der Waals surface area (Å²) in [6.07, 6.45) is 5.00. The van der Waals surface area contributed by atoms with Crippen molar-refractivity contribution in [3.8, 4) is 0 Å². The summed E-state index contributed by atoms with van der Waals surface area (Å²) in [5.74, 6) is 0.339. The van der Waals surface area contributed by atoms with E-state index in [1.54, 1.807) is 20.5 Å². The minimum absolute atomic E-state index is 0.0292. The van der Waals surface area contributed by atoms with Gasteiger partial charge in [0.1, 0.15) is 5.69 Å². The third kappa shape index (κ3) is 4.00. The van der Waals surface area contributed by atoms with Crippen LogP contribution in [-0.2, 0) is 18.4 Å². The quantitative estimate of drug-likeness (QED) is 0.638. The fourth-order valence-corrected chi connectivity index (χ4v) is 4.47. The molecular weight excluding hydrogens is 408 g/mol. The maximum absolute atomic E-state index is 13.0. The molecule has 9 heteroatoms. The van der Waals surface area contributed by atoms with E-state index in [4.69, 9.17) is 0 Å². The Hall–Kier alpha value is -3.20. The second-order valence-electron chi connectivity index (χ2n) is 9.13. The molecule has 2 N–H and O–H groups in total. The predicted octanol–water partition coefficient (Wildman–Crippen LogP) is 2.27. The van der Waals surface area contributed by atoms with Gasteiger partial charge in [0.05, 0.1) is 29.6 Å². The van der Waals surface area contributed by atoms with Crippen LogP contribution in [0.15, 0.2) is 30.5 Å². The molecule has 0 bridgehead atoms. The van der Waals surface area contributed by atoms with Gasteiger partial charge in [0.2, 0.25) is 5.91 Å². The Morgan fingerprint density at radius 3 is 2.66 bits per heavy atom. The third-order valence-corrected chi connectivity index (χ3v) is 6.50. The van der Waals surface area contributed by atoms with E-state index in [9.17, 15) is 14.7 Å². The SMILES string of the molecule is CC(=O)Nc1ccc2cnn(CC3(O)CCN(C(=O)c4cc(C5CC5)nn4C)CC3)c2c1. The molecule has 3 heterocycles. The number of carbonyl (C=O) groups is 2. The average molecular weight is 437 g/mol. The molecule has 1 saturated carbocycles.